The molecule has 0 aliphatic carbocycles. The molecule has 6 nitrogen and oxygen atoms in total. The molecule has 0 radical (unpaired) electrons. The number of hydrogen-bond acceptors (Lipinski definition) is 5. The van der Waals surface area contributed by atoms with Gasteiger partial charge in [-0.15, -0.1) is 0 Å². The lowest BCUT2D eigenvalue weighted by Gasteiger charge is -2.09. The van der Waals surface area contributed by atoms with Gasteiger partial charge in [-0.1, -0.05) is 28.9 Å². The maximum atomic E-state index is 13.7. The summed E-state index contributed by atoms with van der Waals surface area (Å²) in [5.74, 6) is -2.09. The molecule has 3 aromatic carbocycles. The van der Waals surface area contributed by atoms with Crippen molar-refractivity contribution in [3.05, 3.63) is 94.0 Å². The van der Waals surface area contributed by atoms with Gasteiger partial charge in [-0.3, -0.25) is 0 Å². The van der Waals surface area contributed by atoms with Crippen LogP contribution in [-0.4, -0.2) is 18.9 Å². The van der Waals surface area contributed by atoms with Gasteiger partial charge in [0.1, 0.15) is 18.2 Å². The highest BCUT2D eigenvalue weighted by atomic mass is 35.5. The zero-order valence-electron chi connectivity index (χ0n) is 16.3. The highest BCUT2D eigenvalue weighted by Gasteiger charge is 2.13. The molecule has 0 fully saturated rings. The fourth-order valence-corrected chi connectivity index (χ4v) is 2.79. The highest BCUT2D eigenvalue weighted by Crippen LogP contribution is 2.23. The quantitative estimate of drug-likeness (QED) is 0.246. The van der Waals surface area contributed by atoms with Gasteiger partial charge in [0.2, 0.25) is 0 Å². The van der Waals surface area contributed by atoms with Crippen LogP contribution < -0.4 is 15.2 Å². The van der Waals surface area contributed by atoms with Crippen molar-refractivity contribution in [2.75, 3.05) is 7.11 Å². The van der Waals surface area contributed by atoms with E-state index in [0.717, 1.165) is 12.1 Å². The zero-order valence-corrected chi connectivity index (χ0v) is 17.0. The average molecular weight is 447 g/mol. The molecular formula is C22H17ClF2N2O4. The van der Waals surface area contributed by atoms with Crippen LogP contribution in [-0.2, 0) is 11.4 Å². The SMILES string of the molecule is COc1ccc(Cl)cc1/C(N)=N/OC(=O)c1cccc(COc2ccc(F)cc2F)c1. The number of carbonyl (C=O) groups excluding carboxylic acids is 1. The monoisotopic (exact) mass is 446 g/mol. The van der Waals surface area contributed by atoms with Crippen molar-refractivity contribution in [1.82, 2.24) is 0 Å². The number of amidine groups is 1. The molecule has 0 atom stereocenters. The molecule has 0 saturated heterocycles. The maximum Gasteiger partial charge on any atom is 0.365 e. The fourth-order valence-electron chi connectivity index (χ4n) is 2.61. The van der Waals surface area contributed by atoms with Gasteiger partial charge in [-0.2, -0.15) is 0 Å². The summed E-state index contributed by atoms with van der Waals surface area (Å²) >= 11 is 5.96. The Balaban J connectivity index is 1.68. The van der Waals surface area contributed by atoms with Gasteiger partial charge in [0.05, 0.1) is 18.2 Å². The molecule has 0 spiro atoms. The van der Waals surface area contributed by atoms with Gasteiger partial charge in [-0.05, 0) is 48.0 Å². The lowest BCUT2D eigenvalue weighted by molar-refractivity contribution is 0.0515. The molecule has 0 amide bonds. The third kappa shape index (κ3) is 5.70. The summed E-state index contributed by atoms with van der Waals surface area (Å²) in [6.07, 6.45) is 0. The third-order valence-corrected chi connectivity index (χ3v) is 4.35. The van der Waals surface area contributed by atoms with E-state index < -0.39 is 17.6 Å². The second-order valence-electron chi connectivity index (χ2n) is 6.26. The molecule has 0 aromatic heterocycles. The Labute approximate surface area is 181 Å². The predicted octanol–water partition coefficient (Wildman–Crippen LogP) is 4.68. The van der Waals surface area contributed by atoms with Crippen molar-refractivity contribution >= 4 is 23.4 Å². The molecule has 31 heavy (non-hydrogen) atoms. The van der Waals surface area contributed by atoms with Gasteiger partial charge in [0, 0.05) is 11.1 Å². The second kappa shape index (κ2) is 9.90. The average Bonchev–Trinajstić information content (AvgIpc) is 2.76. The summed E-state index contributed by atoms with van der Waals surface area (Å²) in [4.78, 5) is 17.3. The number of carbonyl (C=O) groups is 1. The van der Waals surface area contributed by atoms with Gasteiger partial charge in [0.25, 0.3) is 0 Å². The van der Waals surface area contributed by atoms with Crippen LogP contribution in [0.5, 0.6) is 11.5 Å². The molecule has 3 rings (SSSR count). The van der Waals surface area contributed by atoms with E-state index >= 15 is 0 Å². The zero-order chi connectivity index (χ0) is 22.4. The smallest absolute Gasteiger partial charge is 0.365 e. The number of hydrogen-bond donors (Lipinski definition) is 1. The van der Waals surface area contributed by atoms with Crippen LogP contribution in [0.25, 0.3) is 0 Å². The lowest BCUT2D eigenvalue weighted by Crippen LogP contribution is -2.16. The number of halogens is 3. The minimum absolute atomic E-state index is 0.0468. The van der Waals surface area contributed by atoms with Gasteiger partial charge < -0.3 is 20.0 Å². The van der Waals surface area contributed by atoms with E-state index in [2.05, 4.69) is 5.16 Å². The molecule has 0 heterocycles. The van der Waals surface area contributed by atoms with Crippen molar-refractivity contribution in [3.63, 3.8) is 0 Å². The Morgan fingerprint density at radius 3 is 2.58 bits per heavy atom. The molecule has 160 valence electrons. The summed E-state index contributed by atoms with van der Waals surface area (Å²) in [5, 5.41) is 4.06. The topological polar surface area (TPSA) is 83.1 Å². The first kappa shape index (κ1) is 22.0. The van der Waals surface area contributed by atoms with Crippen molar-refractivity contribution in [3.8, 4) is 11.5 Å². The minimum Gasteiger partial charge on any atom is -0.496 e. The molecule has 0 saturated carbocycles. The summed E-state index contributed by atoms with van der Waals surface area (Å²) in [7, 11) is 1.46. The normalized spacial score (nSPS) is 11.2. The van der Waals surface area contributed by atoms with Crippen molar-refractivity contribution in [2.24, 2.45) is 10.9 Å². The molecule has 2 N–H and O–H groups in total. The van der Waals surface area contributed by atoms with Crippen LogP contribution >= 0.6 is 11.6 Å². The molecule has 0 aliphatic rings. The van der Waals surface area contributed by atoms with Crippen LogP contribution in [0.15, 0.2) is 65.8 Å². The maximum absolute atomic E-state index is 13.7. The lowest BCUT2D eigenvalue weighted by atomic mass is 10.1. The third-order valence-electron chi connectivity index (χ3n) is 4.12. The number of nitrogens with zero attached hydrogens (tertiary/aromatic N) is 1. The van der Waals surface area contributed by atoms with Crippen molar-refractivity contribution < 1.29 is 27.9 Å². The summed E-state index contributed by atoms with van der Waals surface area (Å²) in [5.41, 5.74) is 6.99. The minimum atomic E-state index is -0.822. The standard InChI is InChI=1S/C22H17ClF2N2O4/c1-29-19-7-5-15(23)10-17(19)21(26)27-31-22(28)14-4-2-3-13(9-14)12-30-20-8-6-16(24)11-18(20)25/h2-11H,12H2,1H3,(H2,26,27). The van der Waals surface area contributed by atoms with Gasteiger partial charge in [0.15, 0.2) is 17.4 Å². The first-order valence-electron chi connectivity index (χ1n) is 8.93. The number of methoxy groups -OCH3 is 1. The van der Waals surface area contributed by atoms with E-state index in [1.165, 1.54) is 31.4 Å². The number of benzene rings is 3. The van der Waals surface area contributed by atoms with Crippen LogP contribution in [0.2, 0.25) is 5.02 Å². The van der Waals surface area contributed by atoms with Crippen LogP contribution in [0.1, 0.15) is 21.5 Å². The molecule has 0 aliphatic heterocycles. The highest BCUT2D eigenvalue weighted by molar-refractivity contribution is 6.31. The Morgan fingerprint density at radius 2 is 1.84 bits per heavy atom. The first-order valence-corrected chi connectivity index (χ1v) is 9.30. The van der Waals surface area contributed by atoms with Crippen LogP contribution in [0.4, 0.5) is 8.78 Å². The van der Waals surface area contributed by atoms with Gasteiger partial charge in [-0.25, -0.2) is 13.6 Å². The molecule has 9 heteroatoms. The molecule has 0 unspecified atom stereocenters. The van der Waals surface area contributed by atoms with Crippen LogP contribution in [0, 0.1) is 11.6 Å². The molecule has 0 bridgehead atoms. The van der Waals surface area contributed by atoms with E-state index in [4.69, 9.17) is 31.6 Å². The summed E-state index contributed by atoms with van der Waals surface area (Å²) in [6, 6.07) is 14.0. The van der Waals surface area contributed by atoms with E-state index in [1.54, 1.807) is 24.3 Å². The number of oxime groups is 1. The number of ether oxygens (including phenoxy) is 2. The van der Waals surface area contributed by atoms with E-state index in [0.29, 0.717) is 21.9 Å². The Bertz CT molecular complexity index is 1140. The Hall–Kier alpha value is -3.65. The molecular weight excluding hydrogens is 430 g/mol. The largest absolute Gasteiger partial charge is 0.496 e. The van der Waals surface area contributed by atoms with E-state index in [9.17, 15) is 13.6 Å². The van der Waals surface area contributed by atoms with Crippen molar-refractivity contribution in [2.45, 2.75) is 6.61 Å². The van der Waals surface area contributed by atoms with Crippen LogP contribution in [0.3, 0.4) is 0 Å². The fraction of sp³-hybridized carbons (Fsp3) is 0.0909. The number of rotatable bonds is 7. The van der Waals surface area contributed by atoms with E-state index in [1.807, 2.05) is 0 Å². The van der Waals surface area contributed by atoms with E-state index in [-0.39, 0.29) is 23.8 Å². The summed E-state index contributed by atoms with van der Waals surface area (Å²) in [6.45, 7) is -0.0468. The van der Waals surface area contributed by atoms with Crippen molar-refractivity contribution in [1.29, 1.82) is 0 Å². The Morgan fingerprint density at radius 1 is 1.06 bits per heavy atom. The first-order chi connectivity index (χ1) is 14.9. The second-order valence-corrected chi connectivity index (χ2v) is 6.70. The summed E-state index contributed by atoms with van der Waals surface area (Å²) < 4.78 is 37.2. The van der Waals surface area contributed by atoms with Gasteiger partial charge >= 0.3 is 5.97 Å². The Kier molecular flexibility index (Phi) is 7.04. The number of nitrogens with two attached hydrogens (primary N) is 1. The molecule has 3 aromatic rings. The predicted molar refractivity (Wildman–Crippen MR) is 111 cm³/mol.